The van der Waals surface area contributed by atoms with E-state index in [0.29, 0.717) is 5.75 Å². The van der Waals surface area contributed by atoms with E-state index in [1.807, 2.05) is 38.1 Å². The first-order valence-corrected chi connectivity index (χ1v) is 9.61. The van der Waals surface area contributed by atoms with E-state index < -0.39 is 0 Å². The molecule has 0 saturated carbocycles. The molecule has 0 saturated heterocycles. The number of amides is 1. The van der Waals surface area contributed by atoms with Crippen LogP contribution in [0.25, 0.3) is 10.8 Å². The van der Waals surface area contributed by atoms with E-state index in [4.69, 9.17) is 4.74 Å². The number of thioether (sulfide) groups is 1. The zero-order valence-corrected chi connectivity index (χ0v) is 16.1. The fourth-order valence-electron chi connectivity index (χ4n) is 2.96. The van der Waals surface area contributed by atoms with Crippen LogP contribution < -0.4 is 10.1 Å². The summed E-state index contributed by atoms with van der Waals surface area (Å²) in [4.78, 5) is 13.5. The van der Waals surface area contributed by atoms with Crippen LogP contribution in [0, 0.1) is 6.92 Å². The Labute approximate surface area is 158 Å². The summed E-state index contributed by atoms with van der Waals surface area (Å²) in [6.07, 6.45) is 0. The second-order valence-corrected chi connectivity index (χ2v) is 7.38. The lowest BCUT2D eigenvalue weighted by atomic mass is 10.0. The quantitative estimate of drug-likeness (QED) is 0.616. The molecule has 0 aliphatic rings. The number of methoxy groups -OCH3 is 1. The number of nitrogens with one attached hydrogen (secondary N) is 1. The molecule has 0 aliphatic carbocycles. The largest absolute Gasteiger partial charge is 0.496 e. The Morgan fingerprint density at radius 3 is 2.62 bits per heavy atom. The molecule has 1 atom stereocenters. The molecule has 3 rings (SSSR count). The number of hydrogen-bond donors (Lipinski definition) is 1. The summed E-state index contributed by atoms with van der Waals surface area (Å²) >= 11 is 1.55. The van der Waals surface area contributed by atoms with Crippen molar-refractivity contribution in [2.24, 2.45) is 0 Å². The third kappa shape index (κ3) is 4.38. The number of carbonyl (C=O) groups excluding carboxylic acids is 1. The lowest BCUT2D eigenvalue weighted by Crippen LogP contribution is -2.28. The van der Waals surface area contributed by atoms with Crippen molar-refractivity contribution in [1.29, 1.82) is 0 Å². The van der Waals surface area contributed by atoms with Gasteiger partial charge in [0.05, 0.1) is 18.9 Å². The Kier molecular flexibility index (Phi) is 5.84. The molecule has 0 bridgehead atoms. The zero-order chi connectivity index (χ0) is 18.5. The third-order valence-electron chi connectivity index (χ3n) is 4.32. The Morgan fingerprint density at radius 1 is 1.08 bits per heavy atom. The average Bonchev–Trinajstić information content (AvgIpc) is 2.66. The number of hydrogen-bond acceptors (Lipinski definition) is 3. The molecule has 3 nitrogen and oxygen atoms in total. The van der Waals surface area contributed by atoms with Crippen molar-refractivity contribution in [3.05, 3.63) is 71.8 Å². The minimum Gasteiger partial charge on any atom is -0.496 e. The number of benzene rings is 3. The van der Waals surface area contributed by atoms with Crippen LogP contribution in [0.2, 0.25) is 0 Å². The monoisotopic (exact) mass is 365 g/mol. The molecule has 0 heterocycles. The van der Waals surface area contributed by atoms with Gasteiger partial charge in [0, 0.05) is 10.5 Å². The fraction of sp³-hybridized carbons (Fsp3) is 0.227. The number of carbonyl (C=O) groups is 1. The molecule has 26 heavy (non-hydrogen) atoms. The van der Waals surface area contributed by atoms with Crippen LogP contribution in [0.4, 0.5) is 0 Å². The molecule has 1 amide bonds. The maximum absolute atomic E-state index is 12.4. The summed E-state index contributed by atoms with van der Waals surface area (Å²) in [6.45, 7) is 4.02. The minimum absolute atomic E-state index is 0.0132. The number of ether oxygens (including phenoxy) is 1. The standard InChI is InChI=1S/C22H23NO2S/c1-15-8-11-21(25-3)20(12-15)16(2)23-22(24)14-26-19-10-9-17-6-4-5-7-18(17)13-19/h4-13,16H,14H2,1-3H3,(H,23,24)/t16-/m1/s1. The maximum atomic E-state index is 12.4. The maximum Gasteiger partial charge on any atom is 0.230 e. The second kappa shape index (κ2) is 8.28. The molecule has 3 aromatic carbocycles. The molecule has 0 aromatic heterocycles. The third-order valence-corrected chi connectivity index (χ3v) is 5.31. The normalized spacial score (nSPS) is 12.0. The highest BCUT2D eigenvalue weighted by molar-refractivity contribution is 8.00. The Balaban J connectivity index is 1.62. The van der Waals surface area contributed by atoms with Crippen molar-refractivity contribution in [2.75, 3.05) is 12.9 Å². The minimum atomic E-state index is -0.102. The summed E-state index contributed by atoms with van der Waals surface area (Å²) < 4.78 is 5.42. The SMILES string of the molecule is COc1ccc(C)cc1[C@@H](C)NC(=O)CSc1ccc2ccccc2c1. The zero-order valence-electron chi connectivity index (χ0n) is 15.3. The van der Waals surface area contributed by atoms with Gasteiger partial charge in [0.15, 0.2) is 0 Å². The van der Waals surface area contributed by atoms with Crippen LogP contribution in [0.5, 0.6) is 5.75 Å². The summed E-state index contributed by atoms with van der Waals surface area (Å²) in [5.74, 6) is 1.20. The summed E-state index contributed by atoms with van der Waals surface area (Å²) in [6, 6.07) is 20.4. The molecule has 4 heteroatoms. The first-order chi connectivity index (χ1) is 12.6. The molecule has 0 aliphatic heterocycles. The molecule has 1 N–H and O–H groups in total. The van der Waals surface area contributed by atoms with Gasteiger partial charge in [-0.3, -0.25) is 4.79 Å². The summed E-state index contributed by atoms with van der Waals surface area (Å²) in [7, 11) is 1.65. The van der Waals surface area contributed by atoms with E-state index in [2.05, 4.69) is 41.7 Å². The number of fused-ring (bicyclic) bond motifs is 1. The predicted molar refractivity (Wildman–Crippen MR) is 109 cm³/mol. The van der Waals surface area contributed by atoms with Crippen molar-refractivity contribution < 1.29 is 9.53 Å². The van der Waals surface area contributed by atoms with E-state index in [9.17, 15) is 4.79 Å². The van der Waals surface area contributed by atoms with Gasteiger partial charge in [-0.1, -0.05) is 48.0 Å². The molecule has 3 aromatic rings. The fourth-order valence-corrected chi connectivity index (χ4v) is 3.71. The van der Waals surface area contributed by atoms with Crippen LogP contribution in [0.15, 0.2) is 65.6 Å². The summed E-state index contributed by atoms with van der Waals surface area (Å²) in [5.41, 5.74) is 2.14. The van der Waals surface area contributed by atoms with E-state index in [1.54, 1.807) is 18.9 Å². The second-order valence-electron chi connectivity index (χ2n) is 6.33. The average molecular weight is 365 g/mol. The van der Waals surface area contributed by atoms with Crippen LogP contribution in [-0.4, -0.2) is 18.8 Å². The number of aryl methyl sites for hydroxylation is 1. The Hall–Kier alpha value is -2.46. The van der Waals surface area contributed by atoms with Gasteiger partial charge < -0.3 is 10.1 Å². The van der Waals surface area contributed by atoms with Gasteiger partial charge >= 0.3 is 0 Å². The topological polar surface area (TPSA) is 38.3 Å². The van der Waals surface area contributed by atoms with E-state index >= 15 is 0 Å². The van der Waals surface area contributed by atoms with E-state index in [1.165, 1.54) is 10.8 Å². The molecular weight excluding hydrogens is 342 g/mol. The van der Waals surface area contributed by atoms with Crippen molar-refractivity contribution in [3.63, 3.8) is 0 Å². The highest BCUT2D eigenvalue weighted by Gasteiger charge is 2.14. The molecule has 0 unspecified atom stereocenters. The molecule has 134 valence electrons. The van der Waals surface area contributed by atoms with Crippen LogP contribution in [-0.2, 0) is 4.79 Å². The van der Waals surface area contributed by atoms with Gasteiger partial charge in [0.1, 0.15) is 5.75 Å². The highest BCUT2D eigenvalue weighted by atomic mass is 32.2. The molecule has 0 spiro atoms. The van der Waals surface area contributed by atoms with Gasteiger partial charge in [0.2, 0.25) is 5.91 Å². The van der Waals surface area contributed by atoms with E-state index in [-0.39, 0.29) is 11.9 Å². The van der Waals surface area contributed by atoms with E-state index in [0.717, 1.165) is 21.8 Å². The van der Waals surface area contributed by atoms with Gasteiger partial charge in [0.25, 0.3) is 0 Å². The molecular formula is C22H23NO2S. The van der Waals surface area contributed by atoms with Crippen LogP contribution in [0.3, 0.4) is 0 Å². The van der Waals surface area contributed by atoms with Gasteiger partial charge in [-0.25, -0.2) is 0 Å². The lowest BCUT2D eigenvalue weighted by Gasteiger charge is -2.18. The van der Waals surface area contributed by atoms with Gasteiger partial charge in [-0.2, -0.15) is 0 Å². The lowest BCUT2D eigenvalue weighted by molar-refractivity contribution is -0.119. The Bertz CT molecular complexity index is 923. The first kappa shape index (κ1) is 18.3. The van der Waals surface area contributed by atoms with Gasteiger partial charge in [-0.15, -0.1) is 11.8 Å². The van der Waals surface area contributed by atoms with Crippen LogP contribution in [0.1, 0.15) is 24.1 Å². The summed E-state index contributed by atoms with van der Waals surface area (Å²) in [5, 5.41) is 5.47. The molecule has 0 radical (unpaired) electrons. The number of rotatable bonds is 6. The highest BCUT2D eigenvalue weighted by Crippen LogP contribution is 2.27. The van der Waals surface area contributed by atoms with Crippen molar-refractivity contribution in [2.45, 2.75) is 24.8 Å². The van der Waals surface area contributed by atoms with Crippen molar-refractivity contribution in [1.82, 2.24) is 5.32 Å². The van der Waals surface area contributed by atoms with Crippen LogP contribution >= 0.6 is 11.8 Å². The molecule has 0 fully saturated rings. The van der Waals surface area contributed by atoms with Gasteiger partial charge in [-0.05, 0) is 42.8 Å². The van der Waals surface area contributed by atoms with Crippen molar-refractivity contribution in [3.8, 4) is 5.75 Å². The first-order valence-electron chi connectivity index (χ1n) is 8.62. The predicted octanol–water partition coefficient (Wildman–Crippen LogP) is 5.13. The Morgan fingerprint density at radius 2 is 1.85 bits per heavy atom. The smallest absolute Gasteiger partial charge is 0.230 e. The van der Waals surface area contributed by atoms with Crippen molar-refractivity contribution >= 4 is 28.4 Å².